The summed E-state index contributed by atoms with van der Waals surface area (Å²) in [5.41, 5.74) is 4.81. The third-order valence-electron chi connectivity index (χ3n) is 4.65. The van der Waals surface area contributed by atoms with E-state index in [1.165, 1.54) is 20.4 Å². The van der Waals surface area contributed by atoms with Gasteiger partial charge in [-0.1, -0.05) is 12.1 Å². The van der Waals surface area contributed by atoms with E-state index in [0.29, 0.717) is 16.9 Å². The highest BCUT2D eigenvalue weighted by Crippen LogP contribution is 2.27. The Kier molecular flexibility index (Phi) is 7.97. The number of nitrogens with one attached hydrogen (secondary N) is 1. The molecule has 1 N–H and O–H groups in total. The zero-order valence-electron chi connectivity index (χ0n) is 17.5. The van der Waals surface area contributed by atoms with Crippen molar-refractivity contribution in [2.45, 2.75) is 6.54 Å². The highest BCUT2D eigenvalue weighted by Gasteiger charge is 2.12. The Bertz CT molecular complexity index is 923. The molecule has 1 aliphatic rings. The third-order valence-corrected chi connectivity index (χ3v) is 4.65. The molecule has 31 heavy (non-hydrogen) atoms. The second-order valence-corrected chi connectivity index (χ2v) is 6.75. The lowest BCUT2D eigenvalue weighted by Crippen LogP contribution is -2.35. The summed E-state index contributed by atoms with van der Waals surface area (Å²) in [6, 6.07) is 12.3. The van der Waals surface area contributed by atoms with Crippen LogP contribution in [-0.2, 0) is 16.0 Å². The minimum Gasteiger partial charge on any atom is -0.493 e. The van der Waals surface area contributed by atoms with E-state index < -0.39 is 6.16 Å². The van der Waals surface area contributed by atoms with Crippen LogP contribution in [0.4, 0.5) is 4.79 Å². The predicted molar refractivity (Wildman–Crippen MR) is 114 cm³/mol. The molecule has 0 atom stereocenters. The Morgan fingerprint density at radius 3 is 2.52 bits per heavy atom. The van der Waals surface area contributed by atoms with Crippen LogP contribution in [0.5, 0.6) is 11.5 Å². The molecular formula is C22H25N3O6. The Morgan fingerprint density at radius 2 is 1.84 bits per heavy atom. The molecule has 0 unspecified atom stereocenters. The van der Waals surface area contributed by atoms with Gasteiger partial charge >= 0.3 is 6.16 Å². The summed E-state index contributed by atoms with van der Waals surface area (Å²) in [5, 5.41) is 3.98. The number of ether oxygens (including phenoxy) is 4. The quantitative estimate of drug-likeness (QED) is 0.314. The number of benzene rings is 2. The first-order chi connectivity index (χ1) is 15.1. The van der Waals surface area contributed by atoms with Crippen molar-refractivity contribution in [3.05, 3.63) is 59.2 Å². The van der Waals surface area contributed by atoms with Crippen LogP contribution in [0.1, 0.15) is 21.5 Å². The van der Waals surface area contributed by atoms with E-state index in [0.717, 1.165) is 38.4 Å². The number of amides is 1. The second-order valence-electron chi connectivity index (χ2n) is 6.75. The number of morpholine rings is 1. The zero-order chi connectivity index (χ0) is 22.1. The molecule has 3 rings (SSSR count). The van der Waals surface area contributed by atoms with Crippen LogP contribution in [0, 0.1) is 0 Å². The van der Waals surface area contributed by atoms with E-state index >= 15 is 0 Å². The lowest BCUT2D eigenvalue weighted by Gasteiger charge is -2.26. The molecule has 0 aliphatic carbocycles. The number of nitrogens with zero attached hydrogens (tertiary/aromatic N) is 2. The maximum absolute atomic E-state index is 12.3. The monoisotopic (exact) mass is 427 g/mol. The molecule has 1 fully saturated rings. The van der Waals surface area contributed by atoms with Crippen LogP contribution in [0.3, 0.4) is 0 Å². The normalized spacial score (nSPS) is 14.3. The number of hydrazone groups is 1. The van der Waals surface area contributed by atoms with E-state index in [1.54, 1.807) is 30.3 Å². The fourth-order valence-corrected chi connectivity index (χ4v) is 2.99. The molecule has 0 radical (unpaired) electrons. The van der Waals surface area contributed by atoms with Gasteiger partial charge in [-0.15, -0.1) is 0 Å². The first kappa shape index (κ1) is 22.3. The van der Waals surface area contributed by atoms with Gasteiger partial charge in [-0.25, -0.2) is 10.2 Å². The molecular weight excluding hydrogens is 402 g/mol. The van der Waals surface area contributed by atoms with Crippen LogP contribution < -0.4 is 14.9 Å². The number of methoxy groups -OCH3 is 2. The largest absolute Gasteiger partial charge is 0.513 e. The third kappa shape index (κ3) is 6.53. The van der Waals surface area contributed by atoms with Crippen molar-refractivity contribution >= 4 is 18.3 Å². The summed E-state index contributed by atoms with van der Waals surface area (Å²) in [4.78, 5) is 25.9. The molecule has 0 saturated carbocycles. The predicted octanol–water partition coefficient (Wildman–Crippen LogP) is 2.44. The van der Waals surface area contributed by atoms with E-state index in [9.17, 15) is 9.59 Å². The van der Waals surface area contributed by atoms with Crippen molar-refractivity contribution in [2.75, 3.05) is 40.5 Å². The summed E-state index contributed by atoms with van der Waals surface area (Å²) in [5.74, 6) is 0.232. The van der Waals surface area contributed by atoms with Gasteiger partial charge in [0.05, 0.1) is 33.6 Å². The van der Waals surface area contributed by atoms with Gasteiger partial charge in [-0.3, -0.25) is 9.69 Å². The minimum atomic E-state index is -0.844. The zero-order valence-corrected chi connectivity index (χ0v) is 17.5. The summed E-state index contributed by atoms with van der Waals surface area (Å²) in [6.45, 7) is 4.17. The van der Waals surface area contributed by atoms with Crippen LogP contribution in [-0.4, -0.2) is 63.7 Å². The van der Waals surface area contributed by atoms with Gasteiger partial charge < -0.3 is 18.9 Å². The minimum absolute atomic E-state index is 0.215. The van der Waals surface area contributed by atoms with Crippen molar-refractivity contribution < 1.29 is 28.5 Å². The number of hydrogen-bond acceptors (Lipinski definition) is 8. The standard InChI is InChI=1S/C22H25N3O6/c1-28-20-13-17(5-8-19(20)31-22(27)29-2)14-23-24-21(26)18-6-3-16(4-7-18)15-25-9-11-30-12-10-25/h3-8,13-14H,9-12,15H2,1-2H3,(H,24,26)/b23-14+. The van der Waals surface area contributed by atoms with Crippen LogP contribution in [0.15, 0.2) is 47.6 Å². The Hall–Kier alpha value is -3.43. The van der Waals surface area contributed by atoms with Gasteiger partial charge in [0.2, 0.25) is 0 Å². The van der Waals surface area contributed by atoms with Crippen molar-refractivity contribution in [1.29, 1.82) is 0 Å². The molecule has 1 heterocycles. The summed E-state index contributed by atoms with van der Waals surface area (Å²) in [6.07, 6.45) is 0.623. The first-order valence-electron chi connectivity index (χ1n) is 9.75. The molecule has 9 heteroatoms. The van der Waals surface area contributed by atoms with Crippen LogP contribution in [0.25, 0.3) is 0 Å². The van der Waals surface area contributed by atoms with Gasteiger partial charge in [0, 0.05) is 25.2 Å². The molecule has 0 spiro atoms. The molecule has 1 amide bonds. The van der Waals surface area contributed by atoms with Gasteiger partial charge in [0.25, 0.3) is 5.91 Å². The average Bonchev–Trinajstić information content (AvgIpc) is 2.80. The second kappa shape index (κ2) is 11.1. The van der Waals surface area contributed by atoms with Crippen molar-refractivity contribution in [1.82, 2.24) is 10.3 Å². The molecule has 1 aliphatic heterocycles. The molecule has 0 bridgehead atoms. The lowest BCUT2D eigenvalue weighted by atomic mass is 10.1. The average molecular weight is 427 g/mol. The fourth-order valence-electron chi connectivity index (χ4n) is 2.99. The van der Waals surface area contributed by atoms with Gasteiger partial charge in [-0.2, -0.15) is 5.10 Å². The number of rotatable bonds is 7. The Balaban J connectivity index is 1.55. The maximum Gasteiger partial charge on any atom is 0.513 e. The molecule has 2 aromatic rings. The Labute approximate surface area is 180 Å². The van der Waals surface area contributed by atoms with Crippen LogP contribution in [0.2, 0.25) is 0 Å². The summed E-state index contributed by atoms with van der Waals surface area (Å²) >= 11 is 0. The maximum atomic E-state index is 12.3. The topological polar surface area (TPSA) is 98.7 Å². The number of carbonyl (C=O) groups is 2. The molecule has 2 aromatic carbocycles. The van der Waals surface area contributed by atoms with Gasteiger partial charge in [-0.05, 0) is 41.5 Å². The number of carbonyl (C=O) groups excluding carboxylic acids is 2. The highest BCUT2D eigenvalue weighted by molar-refractivity contribution is 5.95. The van der Waals surface area contributed by atoms with E-state index in [4.69, 9.17) is 14.2 Å². The van der Waals surface area contributed by atoms with Crippen molar-refractivity contribution in [3.63, 3.8) is 0 Å². The number of hydrogen-bond donors (Lipinski definition) is 1. The lowest BCUT2D eigenvalue weighted by molar-refractivity contribution is 0.0342. The van der Waals surface area contributed by atoms with Crippen molar-refractivity contribution in [3.8, 4) is 11.5 Å². The fraction of sp³-hybridized carbons (Fsp3) is 0.318. The van der Waals surface area contributed by atoms with E-state index in [2.05, 4.69) is 20.2 Å². The van der Waals surface area contributed by atoms with Gasteiger partial charge in [0.1, 0.15) is 0 Å². The summed E-state index contributed by atoms with van der Waals surface area (Å²) < 4.78 is 20.0. The van der Waals surface area contributed by atoms with Crippen molar-refractivity contribution in [2.24, 2.45) is 5.10 Å². The highest BCUT2D eigenvalue weighted by atomic mass is 16.7. The van der Waals surface area contributed by atoms with E-state index in [1.807, 2.05) is 12.1 Å². The molecule has 1 saturated heterocycles. The molecule has 9 nitrogen and oxygen atoms in total. The first-order valence-corrected chi connectivity index (χ1v) is 9.75. The van der Waals surface area contributed by atoms with E-state index in [-0.39, 0.29) is 11.7 Å². The van der Waals surface area contributed by atoms with Gasteiger partial charge in [0.15, 0.2) is 11.5 Å². The SMILES string of the molecule is COC(=O)Oc1ccc(/C=N/NC(=O)c2ccc(CN3CCOCC3)cc2)cc1OC. The van der Waals surface area contributed by atoms with Crippen LogP contribution >= 0.6 is 0 Å². The smallest absolute Gasteiger partial charge is 0.493 e. The molecule has 0 aromatic heterocycles. The Morgan fingerprint density at radius 1 is 1.10 bits per heavy atom. The molecule has 164 valence electrons. The summed E-state index contributed by atoms with van der Waals surface area (Å²) in [7, 11) is 2.67.